The fraction of sp³-hybridized carbons (Fsp3) is 0.400. The fourth-order valence-corrected chi connectivity index (χ4v) is 2.62. The number of aromatic nitrogens is 1. The second kappa shape index (κ2) is 5.11. The Balaban J connectivity index is 2.18. The molecule has 2 rings (SSSR count). The van der Waals surface area contributed by atoms with Crippen LogP contribution in [0.4, 0.5) is 5.13 Å². The summed E-state index contributed by atoms with van der Waals surface area (Å²) in [7, 11) is 0. The highest BCUT2D eigenvalue weighted by Gasteiger charge is 2.12. The van der Waals surface area contributed by atoms with Crippen LogP contribution >= 0.6 is 11.3 Å². The minimum Gasteiger partial charge on any atom is -0.357 e. The van der Waals surface area contributed by atoms with Crippen molar-refractivity contribution in [3.05, 3.63) is 35.2 Å². The van der Waals surface area contributed by atoms with Gasteiger partial charge >= 0.3 is 0 Å². The molecule has 2 aromatic rings. The van der Waals surface area contributed by atoms with E-state index >= 15 is 0 Å². The molecule has 18 heavy (non-hydrogen) atoms. The van der Waals surface area contributed by atoms with Crippen molar-refractivity contribution in [1.29, 1.82) is 0 Å². The van der Waals surface area contributed by atoms with Gasteiger partial charge in [0.2, 0.25) is 0 Å². The number of nitrogens with zero attached hydrogens (tertiary/aromatic N) is 1. The van der Waals surface area contributed by atoms with Crippen LogP contribution < -0.4 is 5.32 Å². The Hall–Kier alpha value is -1.35. The summed E-state index contributed by atoms with van der Waals surface area (Å²) in [5, 5.41) is 6.49. The lowest BCUT2D eigenvalue weighted by molar-refractivity contribution is 0.633. The van der Waals surface area contributed by atoms with Crippen LogP contribution in [0.15, 0.2) is 29.6 Å². The molecular weight excluding hydrogens is 240 g/mol. The van der Waals surface area contributed by atoms with Crippen LogP contribution in [0.25, 0.3) is 11.3 Å². The Labute approximate surface area is 113 Å². The van der Waals surface area contributed by atoms with Crippen LogP contribution in [-0.4, -0.2) is 10.5 Å². The van der Waals surface area contributed by atoms with Crippen LogP contribution in [0.5, 0.6) is 0 Å². The van der Waals surface area contributed by atoms with E-state index in [0.717, 1.165) is 17.2 Å². The van der Waals surface area contributed by atoms with Gasteiger partial charge in [-0.25, -0.2) is 4.98 Å². The number of rotatable bonds is 3. The van der Waals surface area contributed by atoms with Gasteiger partial charge in [0.1, 0.15) is 0 Å². The molecule has 0 saturated carbocycles. The smallest absolute Gasteiger partial charge is 0.183 e. The molecule has 0 aliphatic rings. The van der Waals surface area contributed by atoms with Crippen molar-refractivity contribution in [3.63, 3.8) is 0 Å². The van der Waals surface area contributed by atoms with E-state index in [1.807, 2.05) is 0 Å². The first-order chi connectivity index (χ1) is 8.48. The predicted molar refractivity (Wildman–Crippen MR) is 80.3 cm³/mol. The molecule has 0 spiro atoms. The summed E-state index contributed by atoms with van der Waals surface area (Å²) in [5.41, 5.74) is 3.66. The monoisotopic (exact) mass is 260 g/mol. The highest BCUT2D eigenvalue weighted by atomic mass is 32.1. The summed E-state index contributed by atoms with van der Waals surface area (Å²) >= 11 is 1.66. The van der Waals surface area contributed by atoms with Crippen LogP contribution in [-0.2, 0) is 6.42 Å². The number of hydrogen-bond acceptors (Lipinski definition) is 3. The third-order valence-corrected chi connectivity index (χ3v) is 3.40. The van der Waals surface area contributed by atoms with Crippen LogP contribution in [0, 0.1) is 0 Å². The van der Waals surface area contributed by atoms with Crippen molar-refractivity contribution >= 4 is 16.5 Å². The van der Waals surface area contributed by atoms with Gasteiger partial charge < -0.3 is 5.32 Å². The summed E-state index contributed by atoms with van der Waals surface area (Å²) in [5.74, 6) is 0. The Morgan fingerprint density at radius 2 is 1.83 bits per heavy atom. The first-order valence-corrected chi connectivity index (χ1v) is 7.19. The van der Waals surface area contributed by atoms with Crippen molar-refractivity contribution in [2.75, 3.05) is 5.32 Å². The minimum absolute atomic E-state index is 0.0567. The molecule has 0 saturated heterocycles. The number of aryl methyl sites for hydroxylation is 1. The SMILES string of the molecule is CCc1ccc(-c2csc(NC(C)(C)C)n2)cc1. The highest BCUT2D eigenvalue weighted by Crippen LogP contribution is 2.26. The van der Waals surface area contributed by atoms with E-state index in [1.54, 1.807) is 11.3 Å². The van der Waals surface area contributed by atoms with Crippen molar-refractivity contribution in [2.24, 2.45) is 0 Å². The van der Waals surface area contributed by atoms with Crippen molar-refractivity contribution in [3.8, 4) is 11.3 Å². The molecule has 1 aromatic heterocycles. The summed E-state index contributed by atoms with van der Waals surface area (Å²) in [6.45, 7) is 8.60. The molecule has 1 heterocycles. The third-order valence-electron chi connectivity index (χ3n) is 2.64. The van der Waals surface area contributed by atoms with Crippen LogP contribution in [0.1, 0.15) is 33.3 Å². The average Bonchev–Trinajstić information content (AvgIpc) is 2.75. The zero-order chi connectivity index (χ0) is 13.2. The fourth-order valence-electron chi connectivity index (χ4n) is 1.70. The molecule has 1 N–H and O–H groups in total. The normalized spacial score (nSPS) is 11.6. The summed E-state index contributed by atoms with van der Waals surface area (Å²) in [6, 6.07) is 8.64. The Bertz CT molecular complexity index is 506. The van der Waals surface area contributed by atoms with E-state index in [2.05, 4.69) is 67.6 Å². The Morgan fingerprint density at radius 3 is 2.39 bits per heavy atom. The summed E-state index contributed by atoms with van der Waals surface area (Å²) in [6.07, 6.45) is 1.08. The molecule has 0 unspecified atom stereocenters. The molecule has 0 aliphatic carbocycles. The number of nitrogens with one attached hydrogen (secondary N) is 1. The number of benzene rings is 1. The van der Waals surface area contributed by atoms with Crippen molar-refractivity contribution in [1.82, 2.24) is 4.98 Å². The molecule has 0 fully saturated rings. The van der Waals surface area contributed by atoms with Gasteiger partial charge in [0.25, 0.3) is 0 Å². The van der Waals surface area contributed by atoms with Gasteiger partial charge in [0, 0.05) is 16.5 Å². The first-order valence-electron chi connectivity index (χ1n) is 6.31. The average molecular weight is 260 g/mol. The number of hydrogen-bond donors (Lipinski definition) is 1. The molecule has 3 heteroatoms. The Kier molecular flexibility index (Phi) is 3.71. The molecule has 0 amide bonds. The van der Waals surface area contributed by atoms with Crippen LogP contribution in [0.2, 0.25) is 0 Å². The van der Waals surface area contributed by atoms with Gasteiger partial charge in [-0.2, -0.15) is 0 Å². The van der Waals surface area contributed by atoms with Gasteiger partial charge in [0.15, 0.2) is 5.13 Å². The lowest BCUT2D eigenvalue weighted by atomic mass is 10.1. The van der Waals surface area contributed by atoms with Gasteiger partial charge in [-0.3, -0.25) is 0 Å². The van der Waals surface area contributed by atoms with Gasteiger partial charge in [-0.15, -0.1) is 11.3 Å². The zero-order valence-corrected chi connectivity index (χ0v) is 12.3. The molecule has 2 nitrogen and oxygen atoms in total. The second-order valence-electron chi connectivity index (χ2n) is 5.46. The van der Waals surface area contributed by atoms with E-state index in [1.165, 1.54) is 11.1 Å². The minimum atomic E-state index is 0.0567. The summed E-state index contributed by atoms with van der Waals surface area (Å²) in [4.78, 5) is 4.63. The molecule has 0 bridgehead atoms. The second-order valence-corrected chi connectivity index (χ2v) is 6.32. The first kappa shape index (κ1) is 13.1. The van der Waals surface area contributed by atoms with Gasteiger partial charge in [0.05, 0.1) is 5.69 Å². The number of thiazole rings is 1. The largest absolute Gasteiger partial charge is 0.357 e. The van der Waals surface area contributed by atoms with E-state index in [-0.39, 0.29) is 5.54 Å². The molecule has 1 aromatic carbocycles. The zero-order valence-electron chi connectivity index (χ0n) is 11.4. The lowest BCUT2D eigenvalue weighted by Crippen LogP contribution is -2.25. The predicted octanol–water partition coefficient (Wildman–Crippen LogP) is 4.58. The van der Waals surface area contributed by atoms with E-state index in [9.17, 15) is 0 Å². The maximum atomic E-state index is 4.63. The molecule has 0 radical (unpaired) electrons. The highest BCUT2D eigenvalue weighted by molar-refractivity contribution is 7.14. The quantitative estimate of drug-likeness (QED) is 0.873. The Morgan fingerprint density at radius 1 is 1.17 bits per heavy atom. The van der Waals surface area contributed by atoms with E-state index < -0.39 is 0 Å². The lowest BCUT2D eigenvalue weighted by Gasteiger charge is -2.19. The maximum Gasteiger partial charge on any atom is 0.183 e. The van der Waals surface area contributed by atoms with Gasteiger partial charge in [-0.05, 0) is 32.8 Å². The van der Waals surface area contributed by atoms with E-state index in [4.69, 9.17) is 0 Å². The van der Waals surface area contributed by atoms with Gasteiger partial charge in [-0.1, -0.05) is 31.2 Å². The van der Waals surface area contributed by atoms with E-state index in [0.29, 0.717) is 0 Å². The van der Waals surface area contributed by atoms with Crippen LogP contribution in [0.3, 0.4) is 0 Å². The summed E-state index contributed by atoms with van der Waals surface area (Å²) < 4.78 is 0. The van der Waals surface area contributed by atoms with Crippen molar-refractivity contribution < 1.29 is 0 Å². The van der Waals surface area contributed by atoms with Crippen molar-refractivity contribution in [2.45, 2.75) is 39.7 Å². The number of anilines is 1. The molecule has 0 aliphatic heterocycles. The third kappa shape index (κ3) is 3.33. The molecule has 96 valence electrons. The molecular formula is C15H20N2S. The maximum absolute atomic E-state index is 4.63. The topological polar surface area (TPSA) is 24.9 Å². The standard InChI is InChI=1S/C15H20N2S/c1-5-11-6-8-12(9-7-11)13-10-18-14(16-13)17-15(2,3)4/h6-10H,5H2,1-4H3,(H,16,17). The molecule has 0 atom stereocenters.